The van der Waals surface area contributed by atoms with Gasteiger partial charge < -0.3 is 10.2 Å². The molecule has 0 unspecified atom stereocenters. The smallest absolute Gasteiger partial charge is 0.227 e. The van der Waals surface area contributed by atoms with E-state index in [0.717, 1.165) is 16.8 Å². The van der Waals surface area contributed by atoms with E-state index in [1.54, 1.807) is 4.90 Å². The van der Waals surface area contributed by atoms with Crippen molar-refractivity contribution in [2.24, 2.45) is 0 Å². The molecule has 2 rings (SSSR count). The van der Waals surface area contributed by atoms with Gasteiger partial charge >= 0.3 is 0 Å². The maximum atomic E-state index is 12.4. The summed E-state index contributed by atoms with van der Waals surface area (Å²) in [5.74, 6) is 0.0878. The first kappa shape index (κ1) is 19.7. The molecule has 0 aromatic heterocycles. The van der Waals surface area contributed by atoms with Crippen molar-refractivity contribution in [3.63, 3.8) is 0 Å². The normalized spacial score (nSPS) is 10.7. The van der Waals surface area contributed by atoms with E-state index in [2.05, 4.69) is 29.6 Å². The standard InChI is InChI=1S/C22H28N2O2/c1-5-22(26)24(15-19-8-6-17(4)7-9-19)20-12-10-18(11-13-20)14-21(25)23-16(2)3/h6-13,16H,5,14-15H2,1-4H3,(H,23,25). The Labute approximate surface area is 156 Å². The Hall–Kier alpha value is -2.62. The molecule has 138 valence electrons. The lowest BCUT2D eigenvalue weighted by molar-refractivity contribution is -0.121. The van der Waals surface area contributed by atoms with E-state index in [1.165, 1.54) is 5.56 Å². The van der Waals surface area contributed by atoms with Crippen molar-refractivity contribution in [2.75, 3.05) is 4.90 Å². The first-order valence-corrected chi connectivity index (χ1v) is 9.13. The Morgan fingerprint density at radius 1 is 0.962 bits per heavy atom. The van der Waals surface area contributed by atoms with Gasteiger partial charge in [-0.2, -0.15) is 0 Å². The van der Waals surface area contributed by atoms with Crippen molar-refractivity contribution in [1.29, 1.82) is 0 Å². The van der Waals surface area contributed by atoms with Crippen LogP contribution in [0.5, 0.6) is 0 Å². The van der Waals surface area contributed by atoms with Crippen molar-refractivity contribution in [3.05, 3.63) is 65.2 Å². The van der Waals surface area contributed by atoms with Crippen molar-refractivity contribution in [2.45, 2.75) is 53.1 Å². The highest BCUT2D eigenvalue weighted by atomic mass is 16.2. The first-order valence-electron chi connectivity index (χ1n) is 9.13. The number of aryl methyl sites for hydroxylation is 1. The molecule has 0 radical (unpaired) electrons. The molecule has 2 amide bonds. The third-order valence-corrected chi connectivity index (χ3v) is 4.13. The Balaban J connectivity index is 2.13. The molecule has 4 nitrogen and oxygen atoms in total. The van der Waals surface area contributed by atoms with Gasteiger partial charge in [0.1, 0.15) is 0 Å². The summed E-state index contributed by atoms with van der Waals surface area (Å²) in [6.07, 6.45) is 0.794. The second-order valence-corrected chi connectivity index (χ2v) is 6.88. The summed E-state index contributed by atoms with van der Waals surface area (Å²) in [5, 5.41) is 2.89. The monoisotopic (exact) mass is 352 g/mol. The topological polar surface area (TPSA) is 49.4 Å². The third kappa shape index (κ3) is 5.73. The van der Waals surface area contributed by atoms with E-state index in [1.807, 2.05) is 52.0 Å². The lowest BCUT2D eigenvalue weighted by Crippen LogP contribution is -2.31. The molecule has 0 aliphatic carbocycles. The number of benzene rings is 2. The molecule has 0 saturated carbocycles. The zero-order chi connectivity index (χ0) is 19.1. The van der Waals surface area contributed by atoms with Crippen LogP contribution in [0, 0.1) is 6.92 Å². The fourth-order valence-corrected chi connectivity index (χ4v) is 2.74. The molecule has 0 spiro atoms. The Morgan fingerprint density at radius 2 is 1.54 bits per heavy atom. The molecule has 0 heterocycles. The van der Waals surface area contributed by atoms with Gasteiger partial charge in [0.15, 0.2) is 0 Å². The van der Waals surface area contributed by atoms with Crippen LogP contribution >= 0.6 is 0 Å². The van der Waals surface area contributed by atoms with E-state index in [-0.39, 0.29) is 17.9 Å². The highest BCUT2D eigenvalue weighted by molar-refractivity contribution is 5.93. The zero-order valence-electron chi connectivity index (χ0n) is 16.1. The number of anilines is 1. The maximum Gasteiger partial charge on any atom is 0.227 e. The molecule has 4 heteroatoms. The predicted molar refractivity (Wildman–Crippen MR) is 106 cm³/mol. The van der Waals surface area contributed by atoms with Crippen LogP contribution in [-0.2, 0) is 22.6 Å². The summed E-state index contributed by atoms with van der Waals surface area (Å²) in [4.78, 5) is 26.1. The first-order chi connectivity index (χ1) is 12.4. The SMILES string of the molecule is CCC(=O)N(Cc1ccc(C)cc1)c1ccc(CC(=O)NC(C)C)cc1. The minimum absolute atomic E-state index is 0.00824. The minimum Gasteiger partial charge on any atom is -0.354 e. The van der Waals surface area contributed by atoms with Crippen LogP contribution in [0.1, 0.15) is 43.9 Å². The molecule has 1 N–H and O–H groups in total. The van der Waals surface area contributed by atoms with Crippen molar-refractivity contribution in [3.8, 4) is 0 Å². The summed E-state index contributed by atoms with van der Waals surface area (Å²) in [6, 6.07) is 16.0. The van der Waals surface area contributed by atoms with Crippen LogP contribution < -0.4 is 10.2 Å². The lowest BCUT2D eigenvalue weighted by atomic mass is 10.1. The summed E-state index contributed by atoms with van der Waals surface area (Å²) >= 11 is 0. The van der Waals surface area contributed by atoms with Crippen LogP contribution in [-0.4, -0.2) is 17.9 Å². The number of nitrogens with one attached hydrogen (secondary N) is 1. The molecule has 0 atom stereocenters. The Kier molecular flexibility index (Phi) is 6.96. The van der Waals surface area contributed by atoms with Crippen molar-refractivity contribution < 1.29 is 9.59 Å². The third-order valence-electron chi connectivity index (χ3n) is 4.13. The molecule has 0 aliphatic heterocycles. The largest absolute Gasteiger partial charge is 0.354 e. The second-order valence-electron chi connectivity index (χ2n) is 6.88. The number of carbonyl (C=O) groups excluding carboxylic acids is 2. The highest BCUT2D eigenvalue weighted by Crippen LogP contribution is 2.20. The number of hydrogen-bond acceptors (Lipinski definition) is 2. The van der Waals surface area contributed by atoms with Gasteiger partial charge in [-0.1, -0.05) is 48.9 Å². The summed E-state index contributed by atoms with van der Waals surface area (Å²) < 4.78 is 0. The average molecular weight is 352 g/mol. The maximum absolute atomic E-state index is 12.4. The van der Waals surface area contributed by atoms with Crippen LogP contribution in [0.25, 0.3) is 0 Å². The molecule has 2 aromatic rings. The second kappa shape index (κ2) is 9.18. The molecule has 0 aliphatic rings. The van der Waals surface area contributed by atoms with E-state index >= 15 is 0 Å². The predicted octanol–water partition coefficient (Wildman–Crippen LogP) is 4.01. The number of carbonyl (C=O) groups is 2. The minimum atomic E-state index is 0.00824. The Bertz CT molecular complexity index is 734. The van der Waals surface area contributed by atoms with Crippen LogP contribution in [0.15, 0.2) is 48.5 Å². The molecule has 26 heavy (non-hydrogen) atoms. The molecular formula is C22H28N2O2. The molecular weight excluding hydrogens is 324 g/mol. The van der Waals surface area contributed by atoms with Crippen LogP contribution in [0.4, 0.5) is 5.69 Å². The van der Waals surface area contributed by atoms with E-state index in [4.69, 9.17) is 0 Å². The van der Waals surface area contributed by atoms with Gasteiger partial charge in [-0.25, -0.2) is 0 Å². The number of rotatable bonds is 7. The van der Waals surface area contributed by atoms with Gasteiger partial charge in [-0.3, -0.25) is 9.59 Å². The number of amides is 2. The quantitative estimate of drug-likeness (QED) is 0.819. The van der Waals surface area contributed by atoms with Crippen LogP contribution in [0.3, 0.4) is 0 Å². The highest BCUT2D eigenvalue weighted by Gasteiger charge is 2.15. The number of nitrogens with zero attached hydrogens (tertiary/aromatic N) is 1. The van der Waals surface area contributed by atoms with Gasteiger partial charge in [0.05, 0.1) is 13.0 Å². The van der Waals surface area contributed by atoms with E-state index < -0.39 is 0 Å². The molecule has 0 fully saturated rings. The fraction of sp³-hybridized carbons (Fsp3) is 0.364. The average Bonchev–Trinajstić information content (AvgIpc) is 2.60. The van der Waals surface area contributed by atoms with Gasteiger partial charge in [0, 0.05) is 18.2 Å². The van der Waals surface area contributed by atoms with Gasteiger partial charge in [-0.15, -0.1) is 0 Å². The van der Waals surface area contributed by atoms with Gasteiger partial charge in [0.25, 0.3) is 0 Å². The Morgan fingerprint density at radius 3 is 2.08 bits per heavy atom. The number of hydrogen-bond donors (Lipinski definition) is 1. The van der Waals surface area contributed by atoms with E-state index in [0.29, 0.717) is 19.4 Å². The van der Waals surface area contributed by atoms with E-state index in [9.17, 15) is 9.59 Å². The summed E-state index contributed by atoms with van der Waals surface area (Å²) in [5.41, 5.74) is 4.08. The summed E-state index contributed by atoms with van der Waals surface area (Å²) in [7, 11) is 0. The zero-order valence-corrected chi connectivity index (χ0v) is 16.1. The molecule has 0 bridgehead atoms. The van der Waals surface area contributed by atoms with Crippen LogP contribution in [0.2, 0.25) is 0 Å². The molecule has 2 aromatic carbocycles. The molecule has 0 saturated heterocycles. The van der Waals surface area contributed by atoms with Crippen molar-refractivity contribution >= 4 is 17.5 Å². The van der Waals surface area contributed by atoms with Crippen molar-refractivity contribution in [1.82, 2.24) is 5.32 Å². The summed E-state index contributed by atoms with van der Waals surface area (Å²) in [6.45, 7) is 8.35. The lowest BCUT2D eigenvalue weighted by Gasteiger charge is -2.23. The fourth-order valence-electron chi connectivity index (χ4n) is 2.74. The van der Waals surface area contributed by atoms with Gasteiger partial charge in [0.2, 0.25) is 11.8 Å². The van der Waals surface area contributed by atoms with Gasteiger partial charge in [-0.05, 0) is 44.0 Å².